The molecule has 0 bridgehead atoms. The molecule has 8 nitrogen and oxygen atoms in total. The normalized spacial score (nSPS) is 14.5. The first-order chi connectivity index (χ1) is 11.5. The van der Waals surface area contributed by atoms with Crippen molar-refractivity contribution in [1.29, 1.82) is 0 Å². The minimum absolute atomic E-state index is 0. The van der Waals surface area contributed by atoms with Gasteiger partial charge < -0.3 is 20.2 Å². The number of guanidine groups is 1. The van der Waals surface area contributed by atoms with Crippen LogP contribution in [0.1, 0.15) is 37.4 Å². The molecule has 152 valence electrons. The van der Waals surface area contributed by atoms with Gasteiger partial charge >= 0.3 is 0 Å². The Labute approximate surface area is 173 Å². The summed E-state index contributed by atoms with van der Waals surface area (Å²) >= 11 is 0. The van der Waals surface area contributed by atoms with Crippen molar-refractivity contribution in [2.24, 2.45) is 4.99 Å². The van der Waals surface area contributed by atoms with Gasteiger partial charge in [-0.15, -0.1) is 24.0 Å². The number of hydrogen-bond acceptors (Lipinski definition) is 5. The van der Waals surface area contributed by atoms with E-state index in [2.05, 4.69) is 20.3 Å². The van der Waals surface area contributed by atoms with Crippen LogP contribution in [0.5, 0.6) is 0 Å². The summed E-state index contributed by atoms with van der Waals surface area (Å²) < 4.78 is 29.9. The predicted molar refractivity (Wildman–Crippen MR) is 115 cm³/mol. The summed E-state index contributed by atoms with van der Waals surface area (Å²) in [5.74, 6) is 2.00. The Morgan fingerprint density at radius 1 is 1.31 bits per heavy atom. The molecule has 0 radical (unpaired) electrons. The van der Waals surface area contributed by atoms with Crippen molar-refractivity contribution in [3.8, 4) is 0 Å². The zero-order valence-electron chi connectivity index (χ0n) is 16.0. The van der Waals surface area contributed by atoms with E-state index in [9.17, 15) is 13.5 Å². The number of nitrogens with one attached hydrogen (secondary N) is 3. The molecule has 26 heavy (non-hydrogen) atoms. The van der Waals surface area contributed by atoms with Crippen LogP contribution in [0.2, 0.25) is 0 Å². The maximum absolute atomic E-state index is 11.0. The lowest BCUT2D eigenvalue weighted by atomic mass is 9.96. The van der Waals surface area contributed by atoms with Crippen LogP contribution >= 0.6 is 24.0 Å². The molecule has 1 atom stereocenters. The highest BCUT2D eigenvalue weighted by Gasteiger charge is 2.27. The van der Waals surface area contributed by atoms with Gasteiger partial charge in [-0.2, -0.15) is 0 Å². The summed E-state index contributed by atoms with van der Waals surface area (Å²) in [5, 5.41) is 16.9. The third kappa shape index (κ3) is 9.19. The monoisotopic (exact) mass is 502 g/mol. The van der Waals surface area contributed by atoms with Crippen molar-refractivity contribution < 1.29 is 17.9 Å². The van der Waals surface area contributed by atoms with Gasteiger partial charge in [0.1, 0.15) is 17.1 Å². The number of rotatable bonds is 9. The fraction of sp³-hybridized carbons (Fsp3) is 0.688. The zero-order valence-corrected chi connectivity index (χ0v) is 19.2. The number of furan rings is 1. The number of aliphatic hydroxyl groups is 1. The molecule has 1 aromatic heterocycles. The average Bonchev–Trinajstić information content (AvgIpc) is 2.83. The van der Waals surface area contributed by atoms with E-state index in [1.165, 1.54) is 0 Å². The molecule has 0 aliphatic rings. The third-order valence-corrected chi connectivity index (χ3v) is 4.25. The Hall–Kier alpha value is -0.850. The van der Waals surface area contributed by atoms with Gasteiger partial charge in [-0.05, 0) is 40.2 Å². The van der Waals surface area contributed by atoms with E-state index in [0.29, 0.717) is 37.8 Å². The van der Waals surface area contributed by atoms with Crippen molar-refractivity contribution in [3.63, 3.8) is 0 Å². The number of sulfonamides is 1. The van der Waals surface area contributed by atoms with E-state index in [-0.39, 0.29) is 30.5 Å². The summed E-state index contributed by atoms with van der Waals surface area (Å²) in [6, 6.07) is 1.82. The first-order valence-corrected chi connectivity index (χ1v) is 10.2. The molecule has 0 aliphatic carbocycles. The summed E-state index contributed by atoms with van der Waals surface area (Å²) in [6.45, 7) is 9.07. The molecule has 0 amide bonds. The Kier molecular flexibility index (Phi) is 10.7. The van der Waals surface area contributed by atoms with E-state index in [4.69, 9.17) is 4.42 Å². The van der Waals surface area contributed by atoms with Gasteiger partial charge in [0, 0.05) is 25.2 Å². The summed E-state index contributed by atoms with van der Waals surface area (Å²) in [5.41, 5.74) is -0.413. The minimum Gasteiger partial charge on any atom is -0.466 e. The van der Waals surface area contributed by atoms with Crippen LogP contribution in [0.4, 0.5) is 0 Å². The van der Waals surface area contributed by atoms with E-state index < -0.39 is 15.6 Å². The zero-order chi connectivity index (χ0) is 19.1. The lowest BCUT2D eigenvalue weighted by Crippen LogP contribution is -2.40. The molecule has 0 fully saturated rings. The smallest absolute Gasteiger partial charge is 0.208 e. The molecular weight excluding hydrogens is 471 g/mol. The van der Waals surface area contributed by atoms with Gasteiger partial charge in [0.15, 0.2) is 5.96 Å². The topological polar surface area (TPSA) is 116 Å². The number of hydrogen-bond donors (Lipinski definition) is 4. The summed E-state index contributed by atoms with van der Waals surface area (Å²) in [6.07, 6.45) is 1.75. The van der Waals surface area contributed by atoms with Crippen molar-refractivity contribution in [1.82, 2.24) is 15.4 Å². The Morgan fingerprint density at radius 2 is 1.96 bits per heavy atom. The molecule has 4 N–H and O–H groups in total. The minimum atomic E-state index is -3.16. The van der Waals surface area contributed by atoms with Crippen LogP contribution in [0.25, 0.3) is 0 Å². The van der Waals surface area contributed by atoms with Crippen LogP contribution in [0.15, 0.2) is 15.5 Å². The molecule has 10 heteroatoms. The third-order valence-electron chi connectivity index (χ3n) is 3.52. The van der Waals surface area contributed by atoms with E-state index in [1.807, 2.05) is 26.8 Å². The highest BCUT2D eigenvalue weighted by molar-refractivity contribution is 14.0. The SMILES string of the molecule is CCNC(=NCC(C)(O)c1cc(C)oc1C)NCCCNS(C)(=O)=O.I. The average molecular weight is 502 g/mol. The maximum atomic E-state index is 11.0. The predicted octanol–water partition coefficient (Wildman–Crippen LogP) is 1.22. The highest BCUT2D eigenvalue weighted by Crippen LogP contribution is 2.27. The molecule has 0 saturated heterocycles. The molecule has 1 heterocycles. The fourth-order valence-electron chi connectivity index (χ4n) is 2.38. The second-order valence-electron chi connectivity index (χ2n) is 6.24. The van der Waals surface area contributed by atoms with Crippen molar-refractivity contribution >= 4 is 40.0 Å². The summed E-state index contributed by atoms with van der Waals surface area (Å²) in [7, 11) is -3.16. The molecule has 1 aromatic rings. The molecular formula is C16H31IN4O4S. The van der Waals surface area contributed by atoms with Gasteiger partial charge in [0.05, 0.1) is 12.8 Å². The first kappa shape index (κ1) is 25.1. The van der Waals surface area contributed by atoms with E-state index in [1.54, 1.807) is 6.92 Å². The highest BCUT2D eigenvalue weighted by atomic mass is 127. The van der Waals surface area contributed by atoms with E-state index >= 15 is 0 Å². The molecule has 0 spiro atoms. The van der Waals surface area contributed by atoms with Gasteiger partial charge in [0.25, 0.3) is 0 Å². The quantitative estimate of drug-likeness (QED) is 0.175. The van der Waals surface area contributed by atoms with Crippen molar-refractivity contribution in [3.05, 3.63) is 23.2 Å². The van der Waals surface area contributed by atoms with Crippen LogP contribution in [-0.4, -0.2) is 51.9 Å². The summed E-state index contributed by atoms with van der Waals surface area (Å²) in [4.78, 5) is 4.42. The van der Waals surface area contributed by atoms with Crippen molar-refractivity contribution in [2.45, 2.75) is 39.7 Å². The Morgan fingerprint density at radius 3 is 2.46 bits per heavy atom. The Bertz CT molecular complexity index is 686. The molecule has 1 rings (SSSR count). The van der Waals surface area contributed by atoms with Crippen LogP contribution in [-0.2, 0) is 15.6 Å². The lowest BCUT2D eigenvalue weighted by molar-refractivity contribution is 0.0657. The van der Waals surface area contributed by atoms with Gasteiger partial charge in [0.2, 0.25) is 10.0 Å². The van der Waals surface area contributed by atoms with Gasteiger partial charge in [-0.3, -0.25) is 0 Å². The number of aliphatic imine (C=N–C) groups is 1. The second kappa shape index (κ2) is 11.1. The largest absolute Gasteiger partial charge is 0.466 e. The van der Waals surface area contributed by atoms with Gasteiger partial charge in [-0.25, -0.2) is 18.1 Å². The van der Waals surface area contributed by atoms with Crippen LogP contribution < -0.4 is 15.4 Å². The Balaban J connectivity index is 0.00000625. The lowest BCUT2D eigenvalue weighted by Gasteiger charge is -2.21. The first-order valence-electron chi connectivity index (χ1n) is 8.32. The van der Waals surface area contributed by atoms with E-state index in [0.717, 1.165) is 17.6 Å². The fourth-order valence-corrected chi connectivity index (χ4v) is 2.89. The number of aryl methyl sites for hydroxylation is 2. The molecule has 0 aromatic carbocycles. The number of halogens is 1. The number of nitrogens with zero attached hydrogens (tertiary/aromatic N) is 1. The van der Waals surface area contributed by atoms with Gasteiger partial charge in [-0.1, -0.05) is 0 Å². The van der Waals surface area contributed by atoms with Crippen molar-refractivity contribution in [2.75, 3.05) is 32.4 Å². The molecule has 0 saturated carbocycles. The molecule has 0 aliphatic heterocycles. The second-order valence-corrected chi connectivity index (χ2v) is 8.08. The molecule has 1 unspecified atom stereocenters. The standard InChI is InChI=1S/C16H30N4O4S.HI/c1-6-17-15(18-8-7-9-20-25(5,22)23)19-11-16(4,21)14-10-12(2)24-13(14)3;/h10,20-21H,6-9,11H2,1-5H3,(H2,17,18,19);1H. The van der Waals surface area contributed by atoms with Crippen LogP contribution in [0, 0.1) is 13.8 Å². The van der Waals surface area contributed by atoms with Crippen LogP contribution in [0.3, 0.4) is 0 Å². The maximum Gasteiger partial charge on any atom is 0.208 e.